The van der Waals surface area contributed by atoms with Gasteiger partial charge in [-0.2, -0.15) is 0 Å². The average Bonchev–Trinajstić information content (AvgIpc) is 2.09. The molecule has 3 N–H and O–H groups in total. The van der Waals surface area contributed by atoms with Crippen molar-refractivity contribution in [3.8, 4) is 0 Å². The molecule has 15 heavy (non-hydrogen) atoms. The summed E-state index contributed by atoms with van der Waals surface area (Å²) in [6.45, 7) is 9.01. The Morgan fingerprint density at radius 1 is 1.47 bits per heavy atom. The lowest BCUT2D eigenvalue weighted by Gasteiger charge is -2.19. The van der Waals surface area contributed by atoms with Gasteiger partial charge in [-0.25, -0.2) is 4.79 Å². The molecule has 1 atom stereocenters. The van der Waals surface area contributed by atoms with Gasteiger partial charge in [0.25, 0.3) is 0 Å². The third kappa shape index (κ3) is 9.53. The maximum atomic E-state index is 11.2. The van der Waals surface area contributed by atoms with E-state index in [0.29, 0.717) is 19.0 Å². The van der Waals surface area contributed by atoms with Crippen molar-refractivity contribution in [1.82, 2.24) is 5.32 Å². The SMILES string of the molecule is CC(CN)CCCNC(=O)OC(C)(C)C. The molecule has 1 amide bonds. The highest BCUT2D eigenvalue weighted by Crippen LogP contribution is 2.06. The van der Waals surface area contributed by atoms with E-state index in [1.807, 2.05) is 20.8 Å². The second-order valence-electron chi connectivity index (χ2n) is 4.91. The number of nitrogens with two attached hydrogens (primary N) is 1. The van der Waals surface area contributed by atoms with E-state index < -0.39 is 5.60 Å². The van der Waals surface area contributed by atoms with E-state index in [2.05, 4.69) is 12.2 Å². The van der Waals surface area contributed by atoms with Gasteiger partial charge in [0.05, 0.1) is 0 Å². The Bertz CT molecular complexity index is 188. The summed E-state index contributed by atoms with van der Waals surface area (Å²) in [7, 11) is 0. The van der Waals surface area contributed by atoms with E-state index in [-0.39, 0.29) is 6.09 Å². The maximum absolute atomic E-state index is 11.2. The van der Waals surface area contributed by atoms with E-state index in [1.165, 1.54) is 0 Å². The van der Waals surface area contributed by atoms with Crippen LogP contribution in [0.15, 0.2) is 0 Å². The number of hydrogen-bond acceptors (Lipinski definition) is 3. The molecule has 0 fully saturated rings. The summed E-state index contributed by atoms with van der Waals surface area (Å²) in [5, 5.41) is 2.72. The zero-order valence-electron chi connectivity index (χ0n) is 10.3. The van der Waals surface area contributed by atoms with Gasteiger partial charge in [0.2, 0.25) is 0 Å². The highest BCUT2D eigenvalue weighted by Gasteiger charge is 2.15. The van der Waals surface area contributed by atoms with E-state index in [4.69, 9.17) is 10.5 Å². The summed E-state index contributed by atoms with van der Waals surface area (Å²) in [6, 6.07) is 0. The van der Waals surface area contributed by atoms with E-state index >= 15 is 0 Å². The molecule has 0 heterocycles. The lowest BCUT2D eigenvalue weighted by molar-refractivity contribution is 0.0526. The van der Waals surface area contributed by atoms with Crippen molar-refractivity contribution in [3.63, 3.8) is 0 Å². The third-order valence-corrected chi connectivity index (χ3v) is 1.94. The van der Waals surface area contributed by atoms with Crippen molar-refractivity contribution in [2.24, 2.45) is 11.7 Å². The topological polar surface area (TPSA) is 64.3 Å². The van der Waals surface area contributed by atoms with Crippen LogP contribution in [-0.4, -0.2) is 24.8 Å². The Balaban J connectivity index is 3.48. The van der Waals surface area contributed by atoms with Crippen molar-refractivity contribution in [2.45, 2.75) is 46.1 Å². The molecule has 0 aliphatic heterocycles. The van der Waals surface area contributed by atoms with Crippen LogP contribution in [0.3, 0.4) is 0 Å². The van der Waals surface area contributed by atoms with Gasteiger partial charge in [-0.1, -0.05) is 6.92 Å². The molecule has 1 unspecified atom stereocenters. The van der Waals surface area contributed by atoms with E-state index in [0.717, 1.165) is 12.8 Å². The number of alkyl carbamates (subject to hydrolysis) is 1. The zero-order chi connectivity index (χ0) is 11.9. The summed E-state index contributed by atoms with van der Waals surface area (Å²) in [5.41, 5.74) is 5.06. The Hall–Kier alpha value is -0.770. The van der Waals surface area contributed by atoms with Crippen LogP contribution in [0.4, 0.5) is 4.79 Å². The minimum Gasteiger partial charge on any atom is -0.444 e. The predicted molar refractivity (Wildman–Crippen MR) is 61.7 cm³/mol. The second kappa shape index (κ2) is 6.67. The minimum atomic E-state index is -0.422. The summed E-state index contributed by atoms with van der Waals surface area (Å²) in [6.07, 6.45) is 1.63. The van der Waals surface area contributed by atoms with Gasteiger partial charge in [0.1, 0.15) is 5.60 Å². The average molecular weight is 216 g/mol. The molecule has 0 aromatic heterocycles. The Labute approximate surface area is 92.6 Å². The molecule has 90 valence electrons. The van der Waals surface area contributed by atoms with Gasteiger partial charge >= 0.3 is 6.09 Å². The van der Waals surface area contributed by atoms with Gasteiger partial charge in [-0.15, -0.1) is 0 Å². The number of carbonyl (C=O) groups excluding carboxylic acids is 1. The van der Waals surface area contributed by atoms with Crippen LogP contribution in [0, 0.1) is 5.92 Å². The molecule has 0 aromatic rings. The number of nitrogens with one attached hydrogen (secondary N) is 1. The smallest absolute Gasteiger partial charge is 0.407 e. The molecular weight excluding hydrogens is 192 g/mol. The summed E-state index contributed by atoms with van der Waals surface area (Å²) < 4.78 is 5.10. The standard InChI is InChI=1S/C11H24N2O2/c1-9(8-12)6-5-7-13-10(14)15-11(2,3)4/h9H,5-8,12H2,1-4H3,(H,13,14). The van der Waals surface area contributed by atoms with Crippen LogP contribution < -0.4 is 11.1 Å². The van der Waals surface area contributed by atoms with Crippen molar-refractivity contribution >= 4 is 6.09 Å². The number of ether oxygens (including phenoxy) is 1. The van der Waals surface area contributed by atoms with E-state index in [9.17, 15) is 4.79 Å². The summed E-state index contributed by atoms with van der Waals surface area (Å²) >= 11 is 0. The molecule has 0 aliphatic rings. The largest absolute Gasteiger partial charge is 0.444 e. The van der Waals surface area contributed by atoms with Gasteiger partial charge < -0.3 is 15.8 Å². The fraction of sp³-hybridized carbons (Fsp3) is 0.909. The van der Waals surface area contributed by atoms with Gasteiger partial charge in [0, 0.05) is 6.54 Å². The molecule has 4 nitrogen and oxygen atoms in total. The lowest BCUT2D eigenvalue weighted by atomic mass is 10.1. The Morgan fingerprint density at radius 2 is 2.07 bits per heavy atom. The molecule has 0 rings (SSSR count). The number of hydrogen-bond donors (Lipinski definition) is 2. The van der Waals surface area contributed by atoms with Gasteiger partial charge in [-0.05, 0) is 46.1 Å². The second-order valence-corrected chi connectivity index (χ2v) is 4.91. The highest BCUT2D eigenvalue weighted by atomic mass is 16.6. The zero-order valence-corrected chi connectivity index (χ0v) is 10.3. The van der Waals surface area contributed by atoms with Crippen LogP contribution in [0.5, 0.6) is 0 Å². The Morgan fingerprint density at radius 3 is 2.53 bits per heavy atom. The fourth-order valence-corrected chi connectivity index (χ4v) is 1.07. The molecule has 0 aromatic carbocycles. The van der Waals surface area contributed by atoms with Crippen LogP contribution in [-0.2, 0) is 4.74 Å². The van der Waals surface area contributed by atoms with Crippen LogP contribution >= 0.6 is 0 Å². The summed E-state index contributed by atoms with van der Waals surface area (Å²) in [5.74, 6) is 0.519. The van der Waals surface area contributed by atoms with Crippen LogP contribution in [0.25, 0.3) is 0 Å². The molecular formula is C11H24N2O2. The Kier molecular flexibility index (Phi) is 6.32. The van der Waals surface area contributed by atoms with Crippen LogP contribution in [0.2, 0.25) is 0 Å². The monoisotopic (exact) mass is 216 g/mol. The number of carbonyl (C=O) groups is 1. The lowest BCUT2D eigenvalue weighted by Crippen LogP contribution is -2.33. The van der Waals surface area contributed by atoms with Gasteiger partial charge in [-0.3, -0.25) is 0 Å². The normalized spacial score (nSPS) is 13.4. The predicted octanol–water partition coefficient (Wildman–Crippen LogP) is 1.89. The number of amides is 1. The first-order chi connectivity index (χ1) is 6.85. The van der Waals surface area contributed by atoms with Crippen molar-refractivity contribution in [1.29, 1.82) is 0 Å². The third-order valence-electron chi connectivity index (χ3n) is 1.94. The molecule has 0 bridgehead atoms. The molecule has 0 aliphatic carbocycles. The molecule has 0 spiro atoms. The molecule has 0 radical (unpaired) electrons. The fourth-order valence-electron chi connectivity index (χ4n) is 1.07. The van der Waals surface area contributed by atoms with Crippen molar-refractivity contribution in [2.75, 3.05) is 13.1 Å². The first-order valence-electron chi connectivity index (χ1n) is 5.52. The van der Waals surface area contributed by atoms with Crippen LogP contribution in [0.1, 0.15) is 40.5 Å². The van der Waals surface area contributed by atoms with Crippen molar-refractivity contribution in [3.05, 3.63) is 0 Å². The maximum Gasteiger partial charge on any atom is 0.407 e. The highest BCUT2D eigenvalue weighted by molar-refractivity contribution is 5.67. The molecule has 4 heteroatoms. The first-order valence-corrected chi connectivity index (χ1v) is 5.52. The molecule has 0 saturated carbocycles. The molecule has 0 saturated heterocycles. The minimum absolute atomic E-state index is 0.345. The first kappa shape index (κ1) is 14.2. The van der Waals surface area contributed by atoms with E-state index in [1.54, 1.807) is 0 Å². The van der Waals surface area contributed by atoms with Crippen molar-refractivity contribution < 1.29 is 9.53 Å². The number of rotatable bonds is 5. The summed E-state index contributed by atoms with van der Waals surface area (Å²) in [4.78, 5) is 11.2. The van der Waals surface area contributed by atoms with Gasteiger partial charge in [0.15, 0.2) is 0 Å². The quantitative estimate of drug-likeness (QED) is 0.690.